The zero-order chi connectivity index (χ0) is 19.6. The molecule has 0 amide bonds. The Labute approximate surface area is 157 Å². The van der Waals surface area contributed by atoms with Crippen molar-refractivity contribution in [2.45, 2.75) is 32.0 Å². The highest BCUT2D eigenvalue weighted by atomic mass is 19.4. The third kappa shape index (κ3) is 4.35. The van der Waals surface area contributed by atoms with Gasteiger partial charge in [-0.1, -0.05) is 18.7 Å². The second-order valence-corrected chi connectivity index (χ2v) is 6.99. The molecule has 0 radical (unpaired) electrons. The van der Waals surface area contributed by atoms with Gasteiger partial charge in [-0.25, -0.2) is 4.98 Å². The third-order valence-electron chi connectivity index (χ3n) is 4.94. The lowest BCUT2D eigenvalue weighted by Gasteiger charge is -2.30. The van der Waals surface area contributed by atoms with Crippen LogP contribution in [0.4, 0.5) is 24.7 Å². The lowest BCUT2D eigenvalue weighted by Crippen LogP contribution is -2.36. The van der Waals surface area contributed by atoms with Crippen molar-refractivity contribution in [3.05, 3.63) is 36.5 Å². The van der Waals surface area contributed by atoms with E-state index in [1.165, 1.54) is 0 Å². The van der Waals surface area contributed by atoms with E-state index in [4.69, 9.17) is 0 Å². The number of rotatable bonds is 5. The number of hydrogen-bond donors (Lipinski definition) is 2. The lowest BCUT2D eigenvalue weighted by molar-refractivity contribution is -0.0688. The molecule has 0 bridgehead atoms. The van der Waals surface area contributed by atoms with Crippen LogP contribution in [-0.4, -0.2) is 48.8 Å². The number of benzene rings is 1. The zero-order valence-electron chi connectivity index (χ0n) is 15.7. The Hall–Kier alpha value is -2.28. The molecule has 0 aliphatic carbocycles. The number of nitrogens with one attached hydrogen (secondary N) is 2. The van der Waals surface area contributed by atoms with Crippen molar-refractivity contribution >= 4 is 27.9 Å². The van der Waals surface area contributed by atoms with Crippen LogP contribution in [0, 0.1) is 0 Å². The topological polar surface area (TPSA) is 40.2 Å². The fourth-order valence-corrected chi connectivity index (χ4v) is 3.41. The van der Waals surface area contributed by atoms with Crippen LogP contribution in [0.15, 0.2) is 30.8 Å². The molecule has 146 valence electrons. The molecule has 3 rings (SSSR count). The Kier molecular flexibility index (Phi) is 5.60. The smallest absolute Gasteiger partial charge is 0.382 e. The van der Waals surface area contributed by atoms with E-state index in [9.17, 15) is 13.2 Å². The van der Waals surface area contributed by atoms with E-state index in [1.807, 2.05) is 19.1 Å². The van der Waals surface area contributed by atoms with Crippen LogP contribution in [-0.2, 0) is 0 Å². The molecule has 0 saturated carbocycles. The van der Waals surface area contributed by atoms with Crippen molar-refractivity contribution in [1.29, 1.82) is 0 Å². The molecule has 27 heavy (non-hydrogen) atoms. The summed E-state index contributed by atoms with van der Waals surface area (Å²) in [6.07, 6.45) is -2.53. The maximum absolute atomic E-state index is 13.3. The van der Waals surface area contributed by atoms with Gasteiger partial charge in [0.2, 0.25) is 0 Å². The van der Waals surface area contributed by atoms with Crippen LogP contribution in [0.1, 0.15) is 25.5 Å². The number of alkyl halides is 3. The Morgan fingerprint density at radius 3 is 2.59 bits per heavy atom. The van der Waals surface area contributed by atoms with Crippen LogP contribution >= 0.6 is 0 Å². The first kappa shape index (κ1) is 19.5. The van der Waals surface area contributed by atoms with Gasteiger partial charge in [-0.3, -0.25) is 0 Å². The van der Waals surface area contributed by atoms with Crippen molar-refractivity contribution in [3.8, 4) is 0 Å². The van der Waals surface area contributed by atoms with Gasteiger partial charge in [-0.05, 0) is 52.0 Å². The summed E-state index contributed by atoms with van der Waals surface area (Å²) < 4.78 is 39.9. The molecule has 0 unspecified atom stereocenters. The molecule has 1 aromatic carbocycles. The molecule has 1 saturated heterocycles. The summed E-state index contributed by atoms with van der Waals surface area (Å²) in [7, 11) is 2.09. The van der Waals surface area contributed by atoms with E-state index < -0.39 is 11.7 Å². The molecule has 7 heteroatoms. The highest BCUT2D eigenvalue weighted by molar-refractivity contribution is 6.01. The SMILES string of the molecule is C=C(c1nc(NCC)cc2c(NC3CCN(C)CC3)cccc12)C(F)(F)F. The highest BCUT2D eigenvalue weighted by Crippen LogP contribution is 2.38. The first-order valence-electron chi connectivity index (χ1n) is 9.18. The molecule has 0 atom stereocenters. The first-order chi connectivity index (χ1) is 12.8. The molecule has 2 aromatic rings. The number of fused-ring (bicyclic) bond motifs is 1. The number of piperidine rings is 1. The van der Waals surface area contributed by atoms with Gasteiger partial charge in [-0.15, -0.1) is 0 Å². The number of likely N-dealkylation sites (tertiary alicyclic amines) is 1. The lowest BCUT2D eigenvalue weighted by atomic mass is 10.0. The second-order valence-electron chi connectivity index (χ2n) is 6.99. The van der Waals surface area contributed by atoms with E-state index in [1.54, 1.807) is 12.1 Å². The van der Waals surface area contributed by atoms with Gasteiger partial charge in [0.05, 0.1) is 11.3 Å². The number of nitrogens with zero attached hydrogens (tertiary/aromatic N) is 2. The van der Waals surface area contributed by atoms with Crippen LogP contribution in [0.2, 0.25) is 0 Å². The number of pyridine rings is 1. The van der Waals surface area contributed by atoms with Crippen LogP contribution in [0.5, 0.6) is 0 Å². The van der Waals surface area contributed by atoms with E-state index in [-0.39, 0.29) is 5.69 Å². The maximum atomic E-state index is 13.3. The van der Waals surface area contributed by atoms with Crippen molar-refractivity contribution in [3.63, 3.8) is 0 Å². The van der Waals surface area contributed by atoms with Gasteiger partial charge in [0, 0.05) is 29.0 Å². The zero-order valence-corrected chi connectivity index (χ0v) is 15.7. The molecule has 2 heterocycles. The predicted molar refractivity (Wildman–Crippen MR) is 105 cm³/mol. The van der Waals surface area contributed by atoms with Crippen LogP contribution in [0.25, 0.3) is 16.3 Å². The number of allylic oxidation sites excluding steroid dienone is 1. The molecule has 1 fully saturated rings. The fourth-order valence-electron chi connectivity index (χ4n) is 3.41. The number of halogens is 3. The predicted octanol–water partition coefficient (Wildman–Crippen LogP) is 4.75. The van der Waals surface area contributed by atoms with Gasteiger partial charge in [0.15, 0.2) is 0 Å². The Bertz CT molecular complexity index is 824. The van der Waals surface area contributed by atoms with Crippen molar-refractivity contribution in [2.75, 3.05) is 37.3 Å². The average molecular weight is 378 g/mol. The Balaban J connectivity index is 2.05. The minimum absolute atomic E-state index is 0.122. The Morgan fingerprint density at radius 1 is 1.26 bits per heavy atom. The molecule has 2 N–H and O–H groups in total. The molecular formula is C20H25F3N4. The van der Waals surface area contributed by atoms with E-state index in [2.05, 4.69) is 34.1 Å². The van der Waals surface area contributed by atoms with Gasteiger partial charge in [-0.2, -0.15) is 13.2 Å². The normalized spacial score (nSPS) is 16.5. The van der Waals surface area contributed by atoms with Crippen molar-refractivity contribution in [2.24, 2.45) is 0 Å². The molecule has 1 aromatic heterocycles. The summed E-state index contributed by atoms with van der Waals surface area (Å²) in [5, 5.41) is 7.73. The fraction of sp³-hybridized carbons (Fsp3) is 0.450. The van der Waals surface area contributed by atoms with Gasteiger partial charge >= 0.3 is 6.18 Å². The van der Waals surface area contributed by atoms with Gasteiger partial charge < -0.3 is 15.5 Å². The Morgan fingerprint density at radius 2 is 1.96 bits per heavy atom. The number of anilines is 2. The largest absolute Gasteiger partial charge is 0.417 e. The number of hydrogen-bond acceptors (Lipinski definition) is 4. The number of aromatic nitrogens is 1. The monoisotopic (exact) mass is 378 g/mol. The molecule has 1 aliphatic rings. The van der Waals surface area contributed by atoms with Gasteiger partial charge in [0.1, 0.15) is 5.82 Å². The minimum Gasteiger partial charge on any atom is -0.382 e. The summed E-state index contributed by atoms with van der Waals surface area (Å²) in [5.74, 6) is 0.419. The summed E-state index contributed by atoms with van der Waals surface area (Å²) >= 11 is 0. The van der Waals surface area contributed by atoms with Crippen LogP contribution in [0.3, 0.4) is 0 Å². The first-order valence-corrected chi connectivity index (χ1v) is 9.18. The summed E-state index contributed by atoms with van der Waals surface area (Å²) in [4.78, 5) is 6.47. The van der Waals surface area contributed by atoms with Gasteiger partial charge in [0.25, 0.3) is 0 Å². The quantitative estimate of drug-likeness (QED) is 0.788. The highest BCUT2D eigenvalue weighted by Gasteiger charge is 2.35. The average Bonchev–Trinajstić information content (AvgIpc) is 2.62. The molecular weight excluding hydrogens is 353 g/mol. The van der Waals surface area contributed by atoms with Crippen molar-refractivity contribution < 1.29 is 13.2 Å². The second kappa shape index (κ2) is 7.76. The minimum atomic E-state index is -4.53. The van der Waals surface area contributed by atoms with E-state index >= 15 is 0 Å². The summed E-state index contributed by atoms with van der Waals surface area (Å²) in [6.45, 7) is 7.72. The maximum Gasteiger partial charge on any atom is 0.417 e. The molecule has 1 aliphatic heterocycles. The van der Waals surface area contributed by atoms with E-state index in [0.29, 0.717) is 23.8 Å². The molecule has 0 spiro atoms. The van der Waals surface area contributed by atoms with E-state index in [0.717, 1.165) is 37.0 Å². The molecule has 4 nitrogen and oxygen atoms in total. The van der Waals surface area contributed by atoms with Crippen LogP contribution < -0.4 is 10.6 Å². The summed E-state index contributed by atoms with van der Waals surface area (Å²) in [5.41, 5.74) is -0.216. The summed E-state index contributed by atoms with van der Waals surface area (Å²) in [6, 6.07) is 7.46. The third-order valence-corrected chi connectivity index (χ3v) is 4.94. The standard InChI is InChI=1S/C20H25F3N4/c1-4-24-18-12-16-15(19(26-18)13(2)20(21,22)23)6-5-7-17(16)25-14-8-10-27(3)11-9-14/h5-7,12,14,25H,2,4,8-11H2,1,3H3,(H,24,26). The van der Waals surface area contributed by atoms with Crippen molar-refractivity contribution in [1.82, 2.24) is 9.88 Å².